The first-order valence-electron chi connectivity index (χ1n) is 11.6. The van der Waals surface area contributed by atoms with Crippen LogP contribution in [-0.4, -0.2) is 45.6 Å². The van der Waals surface area contributed by atoms with E-state index in [0.717, 1.165) is 42.7 Å². The first-order chi connectivity index (χ1) is 15.6. The van der Waals surface area contributed by atoms with Crippen LogP contribution in [0.25, 0.3) is 11.0 Å². The highest BCUT2D eigenvalue weighted by Crippen LogP contribution is 2.34. The quantitative estimate of drug-likeness (QED) is 0.547. The molecule has 2 amide bonds. The Labute approximate surface area is 192 Å². The fraction of sp³-hybridized carbons (Fsp3) is 0.583. The van der Waals surface area contributed by atoms with Gasteiger partial charge in [-0.2, -0.15) is 0 Å². The summed E-state index contributed by atoms with van der Waals surface area (Å²) in [6, 6.07) is 3.21. The number of carbonyl (C=O) groups excluding carboxylic acids is 3. The molecule has 1 aromatic carbocycles. The maximum Gasteiger partial charge on any atom is 0.329 e. The molecule has 0 saturated carbocycles. The number of aryl methyl sites for hydroxylation is 2. The van der Waals surface area contributed by atoms with Crippen LogP contribution in [0.3, 0.4) is 0 Å². The van der Waals surface area contributed by atoms with Crippen molar-refractivity contribution in [3.63, 3.8) is 0 Å². The normalized spacial score (nSPS) is 18.9. The van der Waals surface area contributed by atoms with Crippen LogP contribution >= 0.6 is 0 Å². The van der Waals surface area contributed by atoms with Crippen LogP contribution in [0.4, 0.5) is 5.69 Å². The molecule has 1 N–H and O–H groups in total. The molecule has 1 atom stereocenters. The molecule has 4 rings (SSSR count). The molecule has 0 bridgehead atoms. The van der Waals surface area contributed by atoms with Crippen molar-refractivity contribution in [2.45, 2.75) is 70.9 Å². The van der Waals surface area contributed by atoms with E-state index in [4.69, 9.17) is 4.74 Å². The van der Waals surface area contributed by atoms with Crippen LogP contribution < -0.4 is 15.9 Å². The van der Waals surface area contributed by atoms with E-state index in [1.807, 2.05) is 32.9 Å². The molecular formula is C24H32N4O5. The van der Waals surface area contributed by atoms with Crippen molar-refractivity contribution in [2.24, 2.45) is 7.05 Å². The number of benzene rings is 1. The summed E-state index contributed by atoms with van der Waals surface area (Å²) in [7, 11) is 1.73. The SMILES string of the molecule is Cn1c(=O)n(C2CCC(=O)NC2=O)c2ccc3c(c21)CCCN3CCCC(=O)OC(C)(C)C. The second-order valence-electron chi connectivity index (χ2n) is 9.89. The number of fused-ring (bicyclic) bond motifs is 3. The molecule has 1 aromatic heterocycles. The molecule has 9 nitrogen and oxygen atoms in total. The van der Waals surface area contributed by atoms with Crippen LogP contribution in [0, 0.1) is 0 Å². The van der Waals surface area contributed by atoms with Gasteiger partial charge in [-0.25, -0.2) is 4.79 Å². The monoisotopic (exact) mass is 456 g/mol. The summed E-state index contributed by atoms with van der Waals surface area (Å²) in [5.41, 5.74) is 2.96. The Hall–Kier alpha value is -3.10. The van der Waals surface area contributed by atoms with E-state index in [1.165, 1.54) is 4.57 Å². The number of ether oxygens (including phenoxy) is 1. The lowest BCUT2D eigenvalue weighted by atomic mass is 9.99. The van der Waals surface area contributed by atoms with Crippen molar-refractivity contribution in [1.82, 2.24) is 14.5 Å². The highest BCUT2D eigenvalue weighted by molar-refractivity contribution is 6.00. The molecule has 178 valence electrons. The number of hydrogen-bond acceptors (Lipinski definition) is 6. The zero-order chi connectivity index (χ0) is 23.9. The molecule has 9 heteroatoms. The smallest absolute Gasteiger partial charge is 0.329 e. The van der Waals surface area contributed by atoms with Crippen LogP contribution in [0.15, 0.2) is 16.9 Å². The Morgan fingerprint density at radius 3 is 2.64 bits per heavy atom. The number of piperidine rings is 1. The van der Waals surface area contributed by atoms with Gasteiger partial charge in [0.15, 0.2) is 0 Å². The first kappa shape index (κ1) is 23.1. The summed E-state index contributed by atoms with van der Waals surface area (Å²) in [5.74, 6) is -0.926. The molecule has 0 radical (unpaired) electrons. The van der Waals surface area contributed by atoms with Gasteiger partial charge in [0.1, 0.15) is 11.6 Å². The predicted octanol–water partition coefficient (Wildman–Crippen LogP) is 2.19. The van der Waals surface area contributed by atoms with Crippen LogP contribution in [0.2, 0.25) is 0 Å². The molecule has 1 unspecified atom stereocenters. The molecule has 33 heavy (non-hydrogen) atoms. The van der Waals surface area contributed by atoms with E-state index < -0.39 is 17.6 Å². The molecular weight excluding hydrogens is 424 g/mol. The number of carbonyl (C=O) groups is 3. The molecule has 1 saturated heterocycles. The van der Waals surface area contributed by atoms with Crippen LogP contribution in [-0.2, 0) is 32.6 Å². The summed E-state index contributed by atoms with van der Waals surface area (Å²) in [4.78, 5) is 51.5. The Balaban J connectivity index is 1.61. The summed E-state index contributed by atoms with van der Waals surface area (Å²) in [5, 5.41) is 2.35. The van der Waals surface area contributed by atoms with Gasteiger partial charge in [0.2, 0.25) is 11.8 Å². The molecule has 3 heterocycles. The van der Waals surface area contributed by atoms with Gasteiger partial charge >= 0.3 is 11.7 Å². The highest BCUT2D eigenvalue weighted by Gasteiger charge is 2.32. The molecule has 2 aromatic rings. The fourth-order valence-electron chi connectivity index (χ4n) is 4.92. The molecule has 1 fully saturated rings. The van der Waals surface area contributed by atoms with Gasteiger partial charge in [0.25, 0.3) is 0 Å². The lowest BCUT2D eigenvalue weighted by molar-refractivity contribution is -0.154. The maximum absolute atomic E-state index is 13.1. The second kappa shape index (κ2) is 8.68. The third-order valence-corrected chi connectivity index (χ3v) is 6.27. The number of rotatable bonds is 5. The standard InChI is InChI=1S/C24H32N4O5/c1-24(2,3)33-20(30)8-6-14-27-13-5-7-15-16(27)9-10-17-21(15)26(4)23(32)28(17)18-11-12-19(29)25-22(18)31/h9-10,18H,5-8,11-14H2,1-4H3,(H,25,29,31). The third-order valence-electron chi connectivity index (χ3n) is 6.27. The molecule has 0 aliphatic carbocycles. The van der Waals surface area contributed by atoms with E-state index in [2.05, 4.69) is 10.2 Å². The molecule has 0 spiro atoms. The van der Waals surface area contributed by atoms with Crippen molar-refractivity contribution < 1.29 is 19.1 Å². The zero-order valence-corrected chi connectivity index (χ0v) is 19.8. The number of amides is 2. The number of imide groups is 1. The van der Waals surface area contributed by atoms with Gasteiger partial charge in [-0.1, -0.05) is 0 Å². The Morgan fingerprint density at radius 1 is 1.18 bits per heavy atom. The number of nitrogens with one attached hydrogen (secondary N) is 1. The predicted molar refractivity (Wildman–Crippen MR) is 124 cm³/mol. The number of aromatic nitrogens is 2. The van der Waals surface area contributed by atoms with E-state index >= 15 is 0 Å². The molecule has 2 aliphatic heterocycles. The minimum absolute atomic E-state index is 0.195. The minimum Gasteiger partial charge on any atom is -0.460 e. The summed E-state index contributed by atoms with van der Waals surface area (Å²) < 4.78 is 8.55. The van der Waals surface area contributed by atoms with E-state index in [0.29, 0.717) is 24.8 Å². The van der Waals surface area contributed by atoms with Gasteiger partial charge in [0, 0.05) is 44.2 Å². The largest absolute Gasteiger partial charge is 0.460 e. The van der Waals surface area contributed by atoms with Crippen molar-refractivity contribution >= 4 is 34.5 Å². The van der Waals surface area contributed by atoms with Crippen LogP contribution in [0.5, 0.6) is 0 Å². The van der Waals surface area contributed by atoms with Gasteiger partial charge < -0.3 is 9.64 Å². The van der Waals surface area contributed by atoms with Crippen molar-refractivity contribution in [3.05, 3.63) is 28.2 Å². The van der Waals surface area contributed by atoms with Gasteiger partial charge in [-0.15, -0.1) is 0 Å². The fourth-order valence-corrected chi connectivity index (χ4v) is 4.92. The first-order valence-corrected chi connectivity index (χ1v) is 11.6. The highest BCUT2D eigenvalue weighted by atomic mass is 16.6. The van der Waals surface area contributed by atoms with Gasteiger partial charge in [0.05, 0.1) is 11.0 Å². The van der Waals surface area contributed by atoms with Gasteiger partial charge in [-0.3, -0.25) is 28.8 Å². The third kappa shape index (κ3) is 4.54. The van der Waals surface area contributed by atoms with Crippen LogP contribution in [0.1, 0.15) is 64.5 Å². The number of nitrogens with zero attached hydrogens (tertiary/aromatic N) is 3. The number of imidazole rings is 1. The van der Waals surface area contributed by atoms with E-state index in [9.17, 15) is 19.2 Å². The van der Waals surface area contributed by atoms with E-state index in [-0.39, 0.29) is 24.0 Å². The average Bonchev–Trinajstić information content (AvgIpc) is 2.98. The Morgan fingerprint density at radius 2 is 1.94 bits per heavy atom. The van der Waals surface area contributed by atoms with Crippen molar-refractivity contribution in [2.75, 3.05) is 18.0 Å². The number of hydrogen-bond donors (Lipinski definition) is 1. The maximum atomic E-state index is 13.1. The number of anilines is 1. The lowest BCUT2D eigenvalue weighted by Crippen LogP contribution is -2.44. The number of esters is 1. The topological polar surface area (TPSA) is 103 Å². The van der Waals surface area contributed by atoms with Crippen molar-refractivity contribution in [3.8, 4) is 0 Å². The summed E-state index contributed by atoms with van der Waals surface area (Å²) in [6.07, 6.45) is 3.35. The van der Waals surface area contributed by atoms with Crippen molar-refractivity contribution in [1.29, 1.82) is 0 Å². The lowest BCUT2D eigenvalue weighted by Gasteiger charge is -2.32. The minimum atomic E-state index is -0.689. The average molecular weight is 457 g/mol. The zero-order valence-electron chi connectivity index (χ0n) is 19.8. The second-order valence-corrected chi connectivity index (χ2v) is 9.89. The summed E-state index contributed by atoms with van der Waals surface area (Å²) >= 11 is 0. The Kier molecular flexibility index (Phi) is 6.07. The summed E-state index contributed by atoms with van der Waals surface area (Å²) in [6.45, 7) is 7.20. The van der Waals surface area contributed by atoms with Gasteiger partial charge in [-0.05, 0) is 58.6 Å². The molecule has 2 aliphatic rings. The van der Waals surface area contributed by atoms with E-state index in [1.54, 1.807) is 11.6 Å². The Bertz CT molecular complexity index is 1170.